The molecule has 0 amide bonds. The second-order valence-electron chi connectivity index (χ2n) is 38.1. The van der Waals surface area contributed by atoms with Crippen LogP contribution in [0.1, 0.15) is 56.6 Å². The van der Waals surface area contributed by atoms with Crippen molar-refractivity contribution in [3.63, 3.8) is 0 Å². The molecule has 2 aliphatic rings. The van der Waals surface area contributed by atoms with Gasteiger partial charge in [0, 0.05) is 153 Å². The largest absolute Gasteiger partial charge is 0.308 e. The molecule has 0 N–H and O–H groups in total. The van der Waals surface area contributed by atoms with Crippen LogP contribution in [-0.4, -0.2) is 43.6 Å². The average Bonchev–Trinajstić information content (AvgIpc) is 1.58. The maximum absolute atomic E-state index is 5.41. The first-order chi connectivity index (χ1) is 70.1. The summed E-state index contributed by atoms with van der Waals surface area (Å²) in [7, 11) is 0. The molecular formula is C129H87N9S4. The van der Waals surface area contributed by atoms with E-state index >= 15 is 0 Å². The normalized spacial score (nSPS) is 14.1. The highest BCUT2D eigenvalue weighted by atomic mass is 32.1. The molecule has 13 heteroatoms. The number of aromatic nitrogens is 9. The van der Waals surface area contributed by atoms with Crippen molar-refractivity contribution >= 4 is 191 Å². The topological polar surface area (TPSA) is 92.1 Å². The van der Waals surface area contributed by atoms with Crippen molar-refractivity contribution in [2.45, 2.75) is 50.9 Å². The Bertz CT molecular complexity index is 9920. The SMILES string of the molecule is CC1(C)c2cc(-c3cc(-c4ccccc4)nc(-n4c5ccccc5c5c6sc7ccccc7c6ccc54)n3)ccc2C2CCCCC21.c1ccc(-c2ccc(-c3cc(-c4ccccc4)nc(-n4c5ccccc5c5c6sc7ccccc7c6ccc54)n3)cc2)cc1.c1ccc(-c2nc(-c3ccc(-n4c5ccccc5c5ccc6c7ccccc7sc6c54)cc3)cc(-c3ccc4sc5ccccc5c4c3)n2)cc1. The van der Waals surface area contributed by atoms with Crippen molar-refractivity contribution in [3.8, 4) is 108 Å². The van der Waals surface area contributed by atoms with Gasteiger partial charge in [-0.3, -0.25) is 9.13 Å². The smallest absolute Gasteiger partial charge is 0.235 e. The van der Waals surface area contributed by atoms with Crippen LogP contribution in [0.25, 0.3) is 254 Å². The second kappa shape index (κ2) is 33.9. The van der Waals surface area contributed by atoms with Crippen LogP contribution >= 0.6 is 45.3 Å². The molecule has 2 aliphatic carbocycles. The van der Waals surface area contributed by atoms with Crippen molar-refractivity contribution < 1.29 is 0 Å². The molecule has 1 fully saturated rings. The van der Waals surface area contributed by atoms with Gasteiger partial charge in [-0.1, -0.05) is 354 Å². The maximum Gasteiger partial charge on any atom is 0.235 e. The van der Waals surface area contributed by atoms with E-state index in [1.807, 2.05) is 75.7 Å². The van der Waals surface area contributed by atoms with E-state index in [-0.39, 0.29) is 5.41 Å². The summed E-state index contributed by atoms with van der Waals surface area (Å²) in [6.07, 6.45) is 5.35. The minimum absolute atomic E-state index is 0.164. The van der Waals surface area contributed by atoms with Gasteiger partial charge in [0.15, 0.2) is 5.82 Å². The van der Waals surface area contributed by atoms with Gasteiger partial charge in [0.25, 0.3) is 0 Å². The van der Waals surface area contributed by atoms with Gasteiger partial charge in [-0.25, -0.2) is 29.9 Å². The third-order valence-corrected chi connectivity index (χ3v) is 34.5. The molecule has 672 valence electrons. The predicted octanol–water partition coefficient (Wildman–Crippen LogP) is 36.1. The zero-order valence-electron chi connectivity index (χ0n) is 77.6. The van der Waals surface area contributed by atoms with Crippen molar-refractivity contribution in [3.05, 3.63) is 442 Å². The highest BCUT2D eigenvalue weighted by molar-refractivity contribution is 7.28. The van der Waals surface area contributed by atoms with E-state index in [0.29, 0.717) is 17.8 Å². The first kappa shape index (κ1) is 83.6. The van der Waals surface area contributed by atoms with E-state index in [0.717, 1.165) is 107 Å². The van der Waals surface area contributed by atoms with E-state index in [1.54, 1.807) is 5.56 Å². The van der Waals surface area contributed by atoms with Crippen LogP contribution in [0.15, 0.2) is 431 Å². The summed E-state index contributed by atoms with van der Waals surface area (Å²) in [4.78, 5) is 31.5. The number of rotatable bonds is 11. The molecule has 142 heavy (non-hydrogen) atoms. The quantitative estimate of drug-likeness (QED) is 0.128. The Balaban J connectivity index is 0.000000104. The van der Waals surface area contributed by atoms with Gasteiger partial charge < -0.3 is 4.57 Å². The highest BCUT2D eigenvalue weighted by Gasteiger charge is 2.47. The zero-order chi connectivity index (χ0) is 93.8. The Labute approximate surface area is 834 Å². The van der Waals surface area contributed by atoms with Gasteiger partial charge >= 0.3 is 0 Å². The Morgan fingerprint density at radius 2 is 0.592 bits per heavy atom. The van der Waals surface area contributed by atoms with E-state index in [9.17, 15) is 0 Å². The summed E-state index contributed by atoms with van der Waals surface area (Å²) >= 11 is 7.45. The number of hydrogen-bond donors (Lipinski definition) is 0. The standard InChI is InChI=1S/C46H27N3S2.C43H35N3S.C40H25N3S/c1-2-10-29(11-3-1)46-47-38(27-39(48-46)30-20-25-43-37(26-30)34-14-6-8-16-41(34)50-43)28-18-21-31(22-19-28)49-40-15-7-4-12-32(40)35-23-24-36-33-13-5-9-17-42(33)51-45(36)44(35)49;1-43(2)33-17-9-6-14-28(33)29-21-20-27(24-34(29)43)36-25-35(26-12-4-3-5-13-26)44-42(45-36)46-37-18-10-7-16-32(37)40-38(46)23-22-31-30-15-8-11-19-39(30)47-41(31)40;1-3-11-26(12-4-1)27-19-21-29(22-20-27)34-25-33(28-13-5-2-6-14-28)41-40(42-34)43-35-17-9-7-16-32(35)38-36(43)24-23-31-30-15-8-10-18-37(30)44-39(31)38/h1-27H;3-5,7-8,10-13,15-16,18-25,28,33H,6,9,14,17H2,1-2H3;1-25H. The molecule has 0 saturated heterocycles. The molecule has 9 nitrogen and oxygen atoms in total. The lowest BCUT2D eigenvalue weighted by Gasteiger charge is -2.34. The third kappa shape index (κ3) is 13.9. The Morgan fingerprint density at radius 3 is 1.13 bits per heavy atom. The van der Waals surface area contributed by atoms with Gasteiger partial charge in [-0.2, -0.15) is 0 Å². The van der Waals surface area contributed by atoms with Crippen molar-refractivity contribution in [1.82, 2.24) is 43.6 Å². The molecular weight excluding hydrogens is 1800 g/mol. The van der Waals surface area contributed by atoms with Crippen LogP contribution in [0, 0.1) is 5.92 Å². The minimum Gasteiger partial charge on any atom is -0.308 e. The molecule has 0 spiro atoms. The molecule has 10 heterocycles. The summed E-state index contributed by atoms with van der Waals surface area (Å²) < 4.78 is 17.4. The van der Waals surface area contributed by atoms with Crippen LogP contribution in [-0.2, 0) is 5.41 Å². The molecule has 2 unspecified atom stereocenters. The fourth-order valence-electron chi connectivity index (χ4n) is 23.0. The van der Waals surface area contributed by atoms with E-state index in [2.05, 4.69) is 428 Å². The highest BCUT2D eigenvalue weighted by Crippen LogP contribution is 2.58. The van der Waals surface area contributed by atoms with Gasteiger partial charge in [-0.15, -0.1) is 45.3 Å². The predicted molar refractivity (Wildman–Crippen MR) is 602 cm³/mol. The van der Waals surface area contributed by atoms with E-state index in [4.69, 9.17) is 29.9 Å². The number of nitrogens with zero attached hydrogens (tertiary/aromatic N) is 9. The number of para-hydroxylation sites is 3. The summed E-state index contributed by atoms with van der Waals surface area (Å²) in [5.74, 6) is 3.51. The lowest BCUT2D eigenvalue weighted by molar-refractivity contribution is 0.233. The lowest BCUT2D eigenvalue weighted by atomic mass is 9.70. The molecule has 30 rings (SSSR count). The van der Waals surface area contributed by atoms with Crippen LogP contribution in [0.2, 0.25) is 0 Å². The van der Waals surface area contributed by atoms with Crippen LogP contribution < -0.4 is 0 Å². The Morgan fingerprint density at radius 1 is 0.239 bits per heavy atom. The molecule has 28 aromatic rings. The van der Waals surface area contributed by atoms with Crippen molar-refractivity contribution in [1.29, 1.82) is 0 Å². The molecule has 1 saturated carbocycles. The molecule has 10 aromatic heterocycles. The van der Waals surface area contributed by atoms with Crippen LogP contribution in [0.3, 0.4) is 0 Å². The molecule has 0 aliphatic heterocycles. The van der Waals surface area contributed by atoms with E-state index in [1.165, 1.54) is 172 Å². The first-order valence-corrected chi connectivity index (χ1v) is 52.1. The zero-order valence-corrected chi connectivity index (χ0v) is 80.9. The summed E-state index contributed by atoms with van der Waals surface area (Å²) in [5.41, 5.74) is 26.7. The molecule has 0 radical (unpaired) electrons. The van der Waals surface area contributed by atoms with Crippen molar-refractivity contribution in [2.24, 2.45) is 5.92 Å². The summed E-state index contributed by atoms with van der Waals surface area (Å²) in [6.45, 7) is 4.94. The van der Waals surface area contributed by atoms with Gasteiger partial charge in [0.1, 0.15) is 0 Å². The summed E-state index contributed by atoms with van der Waals surface area (Å²) in [6, 6.07) is 154. The number of fused-ring (bicyclic) bond motifs is 27. The van der Waals surface area contributed by atoms with Crippen LogP contribution in [0.4, 0.5) is 0 Å². The lowest BCUT2D eigenvalue weighted by Crippen LogP contribution is -2.28. The number of hydrogen-bond acceptors (Lipinski definition) is 10. The molecule has 18 aromatic carbocycles. The molecule has 0 bridgehead atoms. The molecule has 2 atom stereocenters. The van der Waals surface area contributed by atoms with Gasteiger partial charge in [0.05, 0.1) is 72.0 Å². The van der Waals surface area contributed by atoms with Gasteiger partial charge in [0.2, 0.25) is 11.9 Å². The minimum atomic E-state index is 0.164. The average molecular weight is 1890 g/mol. The summed E-state index contributed by atoms with van der Waals surface area (Å²) in [5, 5.41) is 17.9. The second-order valence-corrected chi connectivity index (χ2v) is 42.4. The fourth-order valence-corrected chi connectivity index (χ4v) is 27.9. The number of benzene rings is 18. The third-order valence-electron chi connectivity index (χ3n) is 29.8. The van der Waals surface area contributed by atoms with Crippen molar-refractivity contribution in [2.75, 3.05) is 0 Å². The fraction of sp³-hybridized carbons (Fsp3) is 0.0698. The first-order valence-electron chi connectivity index (χ1n) is 48.8. The monoisotopic (exact) mass is 1890 g/mol. The Kier molecular flexibility index (Phi) is 20.0. The van der Waals surface area contributed by atoms with Gasteiger partial charge in [-0.05, 0) is 155 Å². The Hall–Kier alpha value is -16.5. The van der Waals surface area contributed by atoms with E-state index < -0.39 is 0 Å². The number of thiophene rings is 4. The maximum atomic E-state index is 5.41. The van der Waals surface area contributed by atoms with Crippen LogP contribution in [0.5, 0.6) is 0 Å².